The topological polar surface area (TPSA) is 49.6 Å². The van der Waals surface area contributed by atoms with Crippen LogP contribution in [0.5, 0.6) is 0 Å². The summed E-state index contributed by atoms with van der Waals surface area (Å²) in [5, 5.41) is 0.424. The molecule has 110 valence electrons. The van der Waals surface area contributed by atoms with Crippen LogP contribution in [-0.2, 0) is 0 Å². The van der Waals surface area contributed by atoms with E-state index in [1.165, 1.54) is 0 Å². The Labute approximate surface area is 125 Å². The largest absolute Gasteiger partial charge is 0.399 e. The zero-order valence-corrected chi connectivity index (χ0v) is 13.1. The fraction of sp³-hybridized carbons (Fsp3) is 0.533. The lowest BCUT2D eigenvalue weighted by Gasteiger charge is -2.42. The van der Waals surface area contributed by atoms with E-state index < -0.39 is 0 Å². The molecule has 1 amide bonds. The molecule has 1 heterocycles. The maximum absolute atomic E-state index is 12.5. The Kier molecular flexibility index (Phi) is 4.25. The standard InChI is InChI=1S/C15H22ClN3O/c1-15(2,3)19-8-6-18(7-9-19)14(20)12-5-4-11(17)10-13(12)16/h4-5,10H,6-9,17H2,1-3H3. The average molecular weight is 296 g/mol. The van der Waals surface area contributed by atoms with Crippen LogP contribution in [0.4, 0.5) is 5.69 Å². The van der Waals surface area contributed by atoms with E-state index in [-0.39, 0.29) is 11.4 Å². The normalized spacial score (nSPS) is 17.3. The van der Waals surface area contributed by atoms with Gasteiger partial charge in [0.15, 0.2) is 0 Å². The van der Waals surface area contributed by atoms with Gasteiger partial charge in [0.2, 0.25) is 0 Å². The third-order valence-electron chi connectivity index (χ3n) is 3.74. The Hall–Kier alpha value is -1.26. The number of anilines is 1. The summed E-state index contributed by atoms with van der Waals surface area (Å²) in [6.07, 6.45) is 0. The first-order valence-corrected chi connectivity index (χ1v) is 7.26. The van der Waals surface area contributed by atoms with Crippen molar-refractivity contribution in [2.45, 2.75) is 26.3 Å². The molecule has 1 aliphatic rings. The maximum Gasteiger partial charge on any atom is 0.255 e. The third-order valence-corrected chi connectivity index (χ3v) is 4.05. The van der Waals surface area contributed by atoms with Crippen LogP contribution in [0.25, 0.3) is 0 Å². The van der Waals surface area contributed by atoms with Gasteiger partial charge in [-0.05, 0) is 39.0 Å². The van der Waals surface area contributed by atoms with Crippen LogP contribution >= 0.6 is 11.6 Å². The summed E-state index contributed by atoms with van der Waals surface area (Å²) in [5.41, 5.74) is 6.91. The highest BCUT2D eigenvalue weighted by molar-refractivity contribution is 6.34. The highest BCUT2D eigenvalue weighted by Gasteiger charge is 2.28. The molecule has 2 rings (SSSR count). The number of nitrogen functional groups attached to an aromatic ring is 1. The number of halogens is 1. The number of rotatable bonds is 1. The van der Waals surface area contributed by atoms with E-state index in [1.807, 2.05) is 4.90 Å². The summed E-state index contributed by atoms with van der Waals surface area (Å²) in [6, 6.07) is 5.04. The number of carbonyl (C=O) groups excluding carboxylic acids is 1. The van der Waals surface area contributed by atoms with Gasteiger partial charge in [0.25, 0.3) is 5.91 Å². The molecule has 0 aromatic heterocycles. The van der Waals surface area contributed by atoms with Gasteiger partial charge in [0.05, 0.1) is 10.6 Å². The van der Waals surface area contributed by atoms with Crippen molar-refractivity contribution < 1.29 is 4.79 Å². The highest BCUT2D eigenvalue weighted by atomic mass is 35.5. The second-order valence-corrected chi connectivity index (χ2v) is 6.60. The van der Waals surface area contributed by atoms with Crippen molar-refractivity contribution in [3.63, 3.8) is 0 Å². The Morgan fingerprint density at radius 1 is 1.20 bits per heavy atom. The minimum Gasteiger partial charge on any atom is -0.399 e. The van der Waals surface area contributed by atoms with Crippen LogP contribution in [0, 0.1) is 0 Å². The summed E-state index contributed by atoms with van der Waals surface area (Å²) in [7, 11) is 0. The lowest BCUT2D eigenvalue weighted by Crippen LogP contribution is -2.54. The van der Waals surface area contributed by atoms with Crippen molar-refractivity contribution in [1.82, 2.24) is 9.80 Å². The van der Waals surface area contributed by atoms with Crippen LogP contribution in [0.1, 0.15) is 31.1 Å². The molecular formula is C15H22ClN3O. The SMILES string of the molecule is CC(C)(C)N1CCN(C(=O)c2ccc(N)cc2Cl)CC1. The number of nitrogens with zero attached hydrogens (tertiary/aromatic N) is 2. The summed E-state index contributed by atoms with van der Waals surface area (Å²) in [4.78, 5) is 16.7. The molecule has 20 heavy (non-hydrogen) atoms. The molecule has 1 aliphatic heterocycles. The van der Waals surface area contributed by atoms with E-state index in [4.69, 9.17) is 17.3 Å². The van der Waals surface area contributed by atoms with Gasteiger partial charge in [-0.2, -0.15) is 0 Å². The van der Waals surface area contributed by atoms with Gasteiger partial charge in [-0.1, -0.05) is 11.6 Å². The monoisotopic (exact) mass is 295 g/mol. The minimum absolute atomic E-state index is 0.0106. The number of carbonyl (C=O) groups is 1. The number of benzene rings is 1. The number of hydrogen-bond donors (Lipinski definition) is 1. The lowest BCUT2D eigenvalue weighted by molar-refractivity contribution is 0.0451. The van der Waals surface area contributed by atoms with Crippen molar-refractivity contribution in [3.8, 4) is 0 Å². The molecule has 0 spiro atoms. The second kappa shape index (κ2) is 5.62. The minimum atomic E-state index is -0.0106. The highest BCUT2D eigenvalue weighted by Crippen LogP contribution is 2.22. The second-order valence-electron chi connectivity index (χ2n) is 6.19. The fourth-order valence-electron chi connectivity index (χ4n) is 2.46. The Balaban J connectivity index is 2.05. The van der Waals surface area contributed by atoms with Gasteiger partial charge in [-0.25, -0.2) is 0 Å². The first kappa shape index (κ1) is 15.1. The first-order chi connectivity index (χ1) is 9.29. The van der Waals surface area contributed by atoms with E-state index in [9.17, 15) is 4.79 Å². The quantitative estimate of drug-likeness (QED) is 0.810. The van der Waals surface area contributed by atoms with Gasteiger partial charge < -0.3 is 10.6 Å². The zero-order chi connectivity index (χ0) is 14.9. The number of piperazine rings is 1. The molecule has 0 aliphatic carbocycles. The molecule has 0 atom stereocenters. The molecule has 5 heteroatoms. The molecule has 0 unspecified atom stereocenters. The number of amides is 1. The number of hydrogen-bond acceptors (Lipinski definition) is 3. The summed E-state index contributed by atoms with van der Waals surface area (Å²) >= 11 is 6.11. The maximum atomic E-state index is 12.5. The molecular weight excluding hydrogens is 274 g/mol. The summed E-state index contributed by atoms with van der Waals surface area (Å²) < 4.78 is 0. The Morgan fingerprint density at radius 3 is 2.30 bits per heavy atom. The summed E-state index contributed by atoms with van der Waals surface area (Å²) in [5.74, 6) is -0.0106. The van der Waals surface area contributed by atoms with Gasteiger partial charge in [0, 0.05) is 37.4 Å². The molecule has 0 bridgehead atoms. The van der Waals surface area contributed by atoms with Crippen molar-refractivity contribution in [2.24, 2.45) is 0 Å². The molecule has 0 saturated carbocycles. The first-order valence-electron chi connectivity index (χ1n) is 6.88. The van der Waals surface area contributed by atoms with Crippen molar-refractivity contribution in [1.29, 1.82) is 0 Å². The van der Waals surface area contributed by atoms with Crippen molar-refractivity contribution in [3.05, 3.63) is 28.8 Å². The summed E-state index contributed by atoms with van der Waals surface area (Å²) in [6.45, 7) is 9.83. The predicted octanol–water partition coefficient (Wildman–Crippen LogP) is 2.48. The fourth-order valence-corrected chi connectivity index (χ4v) is 2.73. The van der Waals surface area contributed by atoms with Crippen molar-refractivity contribution in [2.75, 3.05) is 31.9 Å². The van der Waals surface area contributed by atoms with E-state index in [0.29, 0.717) is 16.3 Å². The molecule has 1 aromatic carbocycles. The van der Waals surface area contributed by atoms with Crippen LogP contribution in [0.15, 0.2) is 18.2 Å². The smallest absolute Gasteiger partial charge is 0.255 e. The van der Waals surface area contributed by atoms with E-state index in [0.717, 1.165) is 26.2 Å². The molecule has 1 aromatic rings. The van der Waals surface area contributed by atoms with Crippen LogP contribution in [-0.4, -0.2) is 47.4 Å². The average Bonchev–Trinajstić information content (AvgIpc) is 2.37. The van der Waals surface area contributed by atoms with E-state index in [2.05, 4.69) is 25.7 Å². The molecule has 4 nitrogen and oxygen atoms in total. The molecule has 1 saturated heterocycles. The van der Waals surface area contributed by atoms with Gasteiger partial charge >= 0.3 is 0 Å². The Bertz CT molecular complexity index is 502. The molecule has 0 radical (unpaired) electrons. The van der Waals surface area contributed by atoms with Gasteiger partial charge in [0.1, 0.15) is 0 Å². The number of nitrogens with two attached hydrogens (primary N) is 1. The predicted molar refractivity (Wildman–Crippen MR) is 83.1 cm³/mol. The van der Waals surface area contributed by atoms with Gasteiger partial charge in [-0.3, -0.25) is 9.69 Å². The molecule has 2 N–H and O–H groups in total. The van der Waals surface area contributed by atoms with Crippen LogP contribution in [0.3, 0.4) is 0 Å². The van der Waals surface area contributed by atoms with E-state index >= 15 is 0 Å². The molecule has 1 fully saturated rings. The van der Waals surface area contributed by atoms with Crippen LogP contribution in [0.2, 0.25) is 5.02 Å². The van der Waals surface area contributed by atoms with E-state index in [1.54, 1.807) is 18.2 Å². The van der Waals surface area contributed by atoms with Crippen LogP contribution < -0.4 is 5.73 Å². The Morgan fingerprint density at radius 2 is 1.80 bits per heavy atom. The third kappa shape index (κ3) is 3.25. The van der Waals surface area contributed by atoms with Crippen molar-refractivity contribution >= 4 is 23.2 Å². The van der Waals surface area contributed by atoms with Gasteiger partial charge in [-0.15, -0.1) is 0 Å². The zero-order valence-electron chi connectivity index (χ0n) is 12.3. The lowest BCUT2D eigenvalue weighted by atomic mass is 10.0.